The molecule has 0 bridgehead atoms. The van der Waals surface area contributed by atoms with Gasteiger partial charge in [0.15, 0.2) is 0 Å². The van der Waals surface area contributed by atoms with E-state index in [4.69, 9.17) is 0 Å². The van der Waals surface area contributed by atoms with Crippen LogP contribution in [-0.2, 0) is 24.7 Å². The van der Waals surface area contributed by atoms with E-state index in [0.717, 1.165) is 24.8 Å². The van der Waals surface area contributed by atoms with Crippen LogP contribution in [0.2, 0.25) is 0 Å². The third-order valence-electron chi connectivity index (χ3n) is 4.99. The van der Waals surface area contributed by atoms with E-state index in [1.54, 1.807) is 4.68 Å². The SMILES string of the molecule is Cn1cc([C@@H]2NC(=O)CC[C@H]2NC2Cc3ccccc3C2)cn1. The van der Waals surface area contributed by atoms with Crippen LogP contribution >= 0.6 is 0 Å². The summed E-state index contributed by atoms with van der Waals surface area (Å²) in [4.78, 5) is 11.8. The first-order chi connectivity index (χ1) is 11.2. The molecule has 2 aromatic rings. The smallest absolute Gasteiger partial charge is 0.220 e. The summed E-state index contributed by atoms with van der Waals surface area (Å²) in [5.74, 6) is 0.131. The van der Waals surface area contributed by atoms with E-state index in [2.05, 4.69) is 40.0 Å². The number of aromatic nitrogens is 2. The number of hydrogen-bond donors (Lipinski definition) is 2. The van der Waals surface area contributed by atoms with Crippen LogP contribution < -0.4 is 10.6 Å². The Bertz CT molecular complexity index is 698. The van der Waals surface area contributed by atoms with Gasteiger partial charge in [0.1, 0.15) is 0 Å². The van der Waals surface area contributed by atoms with Gasteiger partial charge in [-0.25, -0.2) is 0 Å². The van der Waals surface area contributed by atoms with Crippen molar-refractivity contribution < 1.29 is 4.79 Å². The molecule has 120 valence electrons. The number of nitrogens with one attached hydrogen (secondary N) is 2. The van der Waals surface area contributed by atoms with Gasteiger partial charge in [-0.3, -0.25) is 9.48 Å². The van der Waals surface area contributed by atoms with Crippen LogP contribution in [0.15, 0.2) is 36.7 Å². The van der Waals surface area contributed by atoms with E-state index in [0.29, 0.717) is 12.5 Å². The third kappa shape index (κ3) is 2.88. The topological polar surface area (TPSA) is 59.0 Å². The van der Waals surface area contributed by atoms with E-state index >= 15 is 0 Å². The molecular weight excluding hydrogens is 288 g/mol. The number of carbonyl (C=O) groups is 1. The summed E-state index contributed by atoms with van der Waals surface area (Å²) < 4.78 is 1.79. The Hall–Kier alpha value is -2.14. The van der Waals surface area contributed by atoms with Gasteiger partial charge in [-0.2, -0.15) is 5.10 Å². The maximum absolute atomic E-state index is 11.8. The number of fused-ring (bicyclic) bond motifs is 1. The quantitative estimate of drug-likeness (QED) is 0.903. The fourth-order valence-corrected chi connectivity index (χ4v) is 3.87. The fraction of sp³-hybridized carbons (Fsp3) is 0.444. The summed E-state index contributed by atoms with van der Waals surface area (Å²) in [6.07, 6.45) is 7.45. The second-order valence-electron chi connectivity index (χ2n) is 6.68. The molecule has 1 amide bonds. The molecule has 23 heavy (non-hydrogen) atoms. The highest BCUT2D eigenvalue weighted by Gasteiger charge is 2.33. The molecule has 2 heterocycles. The first kappa shape index (κ1) is 14.5. The zero-order valence-electron chi connectivity index (χ0n) is 13.3. The molecule has 1 aromatic carbocycles. The number of rotatable bonds is 3. The number of nitrogens with zero attached hydrogens (tertiary/aromatic N) is 2. The fourth-order valence-electron chi connectivity index (χ4n) is 3.87. The van der Waals surface area contributed by atoms with Crippen molar-refractivity contribution in [1.82, 2.24) is 20.4 Å². The predicted molar refractivity (Wildman–Crippen MR) is 87.9 cm³/mol. The van der Waals surface area contributed by atoms with E-state index in [-0.39, 0.29) is 18.0 Å². The Labute approximate surface area is 136 Å². The summed E-state index contributed by atoms with van der Waals surface area (Å²) in [6.45, 7) is 0. The predicted octanol–water partition coefficient (Wildman–Crippen LogP) is 1.50. The van der Waals surface area contributed by atoms with Crippen LogP contribution in [0.25, 0.3) is 0 Å². The van der Waals surface area contributed by atoms with Crippen LogP contribution in [0.3, 0.4) is 0 Å². The van der Waals surface area contributed by atoms with Crippen LogP contribution in [0.5, 0.6) is 0 Å². The monoisotopic (exact) mass is 310 g/mol. The Morgan fingerprint density at radius 2 is 2.00 bits per heavy atom. The minimum Gasteiger partial charge on any atom is -0.348 e. The van der Waals surface area contributed by atoms with Gasteiger partial charge in [-0.05, 0) is 30.4 Å². The highest BCUT2D eigenvalue weighted by Crippen LogP contribution is 2.27. The molecule has 4 rings (SSSR count). The molecular formula is C18H22N4O. The van der Waals surface area contributed by atoms with Gasteiger partial charge in [0.05, 0.1) is 12.2 Å². The Morgan fingerprint density at radius 1 is 1.26 bits per heavy atom. The lowest BCUT2D eigenvalue weighted by Gasteiger charge is -2.34. The molecule has 0 saturated carbocycles. The van der Waals surface area contributed by atoms with Crippen LogP contribution in [0.1, 0.15) is 35.6 Å². The minimum atomic E-state index is 0.00802. The van der Waals surface area contributed by atoms with Gasteiger partial charge in [-0.1, -0.05) is 24.3 Å². The molecule has 1 fully saturated rings. The number of benzene rings is 1. The van der Waals surface area contributed by atoms with Crippen molar-refractivity contribution >= 4 is 5.91 Å². The van der Waals surface area contributed by atoms with E-state index in [1.807, 2.05) is 19.4 Å². The second-order valence-corrected chi connectivity index (χ2v) is 6.68. The Balaban J connectivity index is 1.50. The summed E-state index contributed by atoms with van der Waals surface area (Å²) in [5.41, 5.74) is 3.97. The minimum absolute atomic E-state index is 0.00802. The van der Waals surface area contributed by atoms with E-state index in [9.17, 15) is 4.79 Å². The number of hydrogen-bond acceptors (Lipinski definition) is 3. The van der Waals surface area contributed by atoms with Gasteiger partial charge >= 0.3 is 0 Å². The lowest BCUT2D eigenvalue weighted by molar-refractivity contribution is -0.124. The third-order valence-corrected chi connectivity index (χ3v) is 4.99. The molecule has 1 aromatic heterocycles. The summed E-state index contributed by atoms with van der Waals surface area (Å²) in [5, 5.41) is 11.2. The summed E-state index contributed by atoms with van der Waals surface area (Å²) in [7, 11) is 1.91. The van der Waals surface area contributed by atoms with Crippen LogP contribution in [0, 0.1) is 0 Å². The lowest BCUT2D eigenvalue weighted by atomic mass is 9.92. The summed E-state index contributed by atoms with van der Waals surface area (Å²) >= 11 is 0. The standard InChI is InChI=1S/C18H22N4O/c1-22-11-14(10-19-22)18-16(6-7-17(23)21-18)20-15-8-12-4-2-3-5-13(12)9-15/h2-5,10-11,15-16,18,20H,6-9H2,1H3,(H,21,23)/t16-,18+/m1/s1. The van der Waals surface area contributed by atoms with E-state index in [1.165, 1.54) is 11.1 Å². The maximum atomic E-state index is 11.8. The molecule has 5 heteroatoms. The molecule has 1 saturated heterocycles. The molecule has 2 aliphatic rings. The molecule has 5 nitrogen and oxygen atoms in total. The van der Waals surface area contributed by atoms with E-state index < -0.39 is 0 Å². The van der Waals surface area contributed by atoms with Crippen LogP contribution in [-0.4, -0.2) is 27.8 Å². The van der Waals surface area contributed by atoms with Crippen LogP contribution in [0.4, 0.5) is 0 Å². The average molecular weight is 310 g/mol. The average Bonchev–Trinajstić information content (AvgIpc) is 3.14. The summed E-state index contributed by atoms with van der Waals surface area (Å²) in [6, 6.07) is 9.38. The molecule has 0 spiro atoms. The lowest BCUT2D eigenvalue weighted by Crippen LogP contribution is -2.51. The number of piperidine rings is 1. The highest BCUT2D eigenvalue weighted by molar-refractivity contribution is 5.77. The van der Waals surface area contributed by atoms with Crippen molar-refractivity contribution in [3.05, 3.63) is 53.3 Å². The number of aryl methyl sites for hydroxylation is 1. The van der Waals surface area contributed by atoms with Crippen molar-refractivity contribution in [3.8, 4) is 0 Å². The van der Waals surface area contributed by atoms with Crippen molar-refractivity contribution in [3.63, 3.8) is 0 Å². The zero-order valence-corrected chi connectivity index (χ0v) is 13.3. The molecule has 0 radical (unpaired) electrons. The zero-order chi connectivity index (χ0) is 15.8. The molecule has 1 aliphatic heterocycles. The van der Waals surface area contributed by atoms with Crippen molar-refractivity contribution in [2.75, 3.05) is 0 Å². The molecule has 1 aliphatic carbocycles. The Morgan fingerprint density at radius 3 is 2.65 bits per heavy atom. The first-order valence-corrected chi connectivity index (χ1v) is 8.30. The normalized spacial score (nSPS) is 24.5. The molecule has 0 unspecified atom stereocenters. The van der Waals surface area contributed by atoms with Gasteiger partial charge in [-0.15, -0.1) is 0 Å². The molecule has 2 N–H and O–H groups in total. The highest BCUT2D eigenvalue weighted by atomic mass is 16.1. The second kappa shape index (κ2) is 5.81. The van der Waals surface area contributed by atoms with Crippen molar-refractivity contribution in [1.29, 1.82) is 0 Å². The maximum Gasteiger partial charge on any atom is 0.220 e. The van der Waals surface area contributed by atoms with Gasteiger partial charge in [0.2, 0.25) is 5.91 Å². The number of carbonyl (C=O) groups excluding carboxylic acids is 1. The van der Waals surface area contributed by atoms with Crippen molar-refractivity contribution in [2.45, 2.75) is 43.8 Å². The van der Waals surface area contributed by atoms with Gasteiger partial charge in [0.25, 0.3) is 0 Å². The molecule has 2 atom stereocenters. The number of amides is 1. The Kier molecular flexibility index (Phi) is 3.65. The largest absolute Gasteiger partial charge is 0.348 e. The van der Waals surface area contributed by atoms with Crippen molar-refractivity contribution in [2.24, 2.45) is 7.05 Å². The first-order valence-electron chi connectivity index (χ1n) is 8.30. The van der Waals surface area contributed by atoms with Gasteiger partial charge < -0.3 is 10.6 Å². The van der Waals surface area contributed by atoms with Gasteiger partial charge in [0, 0.05) is 37.3 Å².